The molecule has 2 N–H and O–H groups in total. The summed E-state index contributed by atoms with van der Waals surface area (Å²) in [5.41, 5.74) is 0.632. The molecule has 15 heavy (non-hydrogen) atoms. The van der Waals surface area contributed by atoms with Crippen LogP contribution >= 0.6 is 0 Å². The van der Waals surface area contributed by atoms with E-state index in [2.05, 4.69) is 10.3 Å². The van der Waals surface area contributed by atoms with E-state index in [1.165, 1.54) is 6.07 Å². The number of hydrogen-bond acceptors (Lipinski definition) is 1. The largest absolute Gasteiger partial charge is 0.418 e. The fourth-order valence-corrected chi connectivity index (χ4v) is 1.52. The molecule has 2 rings (SSSR count). The van der Waals surface area contributed by atoms with Crippen LogP contribution in [-0.4, -0.2) is 12.0 Å². The maximum Gasteiger partial charge on any atom is 0.418 e. The third-order valence-electron chi connectivity index (χ3n) is 2.28. The predicted octanol–water partition coefficient (Wildman–Crippen LogP) is 3.23. The third-order valence-corrected chi connectivity index (χ3v) is 2.28. The molecule has 0 saturated heterocycles. The highest BCUT2D eigenvalue weighted by atomic mass is 19.4. The van der Waals surface area contributed by atoms with Gasteiger partial charge in [0.25, 0.3) is 0 Å². The fraction of sp³-hybridized carbons (Fsp3) is 0.200. The summed E-state index contributed by atoms with van der Waals surface area (Å²) in [5.74, 6) is 0. The smallest absolute Gasteiger partial charge is 0.388 e. The summed E-state index contributed by atoms with van der Waals surface area (Å²) in [4.78, 5) is 2.61. The van der Waals surface area contributed by atoms with Gasteiger partial charge in [-0.05, 0) is 12.1 Å². The lowest BCUT2D eigenvalue weighted by atomic mass is 10.1. The number of hydrogen-bond donors (Lipinski definition) is 2. The SMILES string of the molecule is CNc1ccc2c(C(F)(F)F)c[nH]c2c1. The van der Waals surface area contributed by atoms with Crippen LogP contribution in [0.4, 0.5) is 18.9 Å². The zero-order valence-corrected chi connectivity index (χ0v) is 7.94. The molecule has 1 aromatic heterocycles. The van der Waals surface area contributed by atoms with Crippen LogP contribution in [0.25, 0.3) is 10.9 Å². The number of nitrogens with one attached hydrogen (secondary N) is 2. The second kappa shape index (κ2) is 3.18. The van der Waals surface area contributed by atoms with Crippen molar-refractivity contribution < 1.29 is 13.2 Å². The van der Waals surface area contributed by atoms with Gasteiger partial charge >= 0.3 is 6.18 Å². The van der Waals surface area contributed by atoms with Crippen LogP contribution in [0.3, 0.4) is 0 Å². The van der Waals surface area contributed by atoms with Crippen LogP contribution < -0.4 is 5.32 Å². The molecule has 0 saturated carbocycles. The van der Waals surface area contributed by atoms with Gasteiger partial charge in [-0.3, -0.25) is 0 Å². The van der Waals surface area contributed by atoms with Crippen LogP contribution in [0.1, 0.15) is 5.56 Å². The Morgan fingerprint density at radius 1 is 1.27 bits per heavy atom. The van der Waals surface area contributed by atoms with E-state index in [0.29, 0.717) is 5.52 Å². The second-order valence-corrected chi connectivity index (χ2v) is 3.21. The second-order valence-electron chi connectivity index (χ2n) is 3.21. The lowest BCUT2D eigenvalue weighted by Crippen LogP contribution is -2.03. The summed E-state index contributed by atoms with van der Waals surface area (Å²) < 4.78 is 37.5. The van der Waals surface area contributed by atoms with Crippen molar-refractivity contribution in [1.82, 2.24) is 4.98 Å². The fourth-order valence-electron chi connectivity index (χ4n) is 1.52. The van der Waals surface area contributed by atoms with Gasteiger partial charge in [0, 0.05) is 29.8 Å². The molecule has 0 fully saturated rings. The molecule has 2 nitrogen and oxygen atoms in total. The van der Waals surface area contributed by atoms with Crippen molar-refractivity contribution in [3.05, 3.63) is 30.0 Å². The average Bonchev–Trinajstić information content (AvgIpc) is 2.59. The molecule has 0 spiro atoms. The molecule has 80 valence electrons. The zero-order valence-electron chi connectivity index (χ0n) is 7.94. The monoisotopic (exact) mass is 214 g/mol. The first-order valence-electron chi connectivity index (χ1n) is 4.38. The molecular formula is C10H9F3N2. The molecule has 0 unspecified atom stereocenters. The number of benzene rings is 1. The van der Waals surface area contributed by atoms with Crippen LogP contribution in [0.2, 0.25) is 0 Å². The first-order chi connectivity index (χ1) is 7.02. The Morgan fingerprint density at radius 2 is 2.00 bits per heavy atom. The first-order valence-corrected chi connectivity index (χ1v) is 4.38. The predicted molar refractivity (Wildman–Crippen MR) is 52.8 cm³/mol. The summed E-state index contributed by atoms with van der Waals surface area (Å²) >= 11 is 0. The minimum Gasteiger partial charge on any atom is -0.388 e. The molecule has 2 aromatic rings. The van der Waals surface area contributed by atoms with Crippen LogP contribution in [0, 0.1) is 0 Å². The van der Waals surface area contributed by atoms with Crippen molar-refractivity contribution in [3.63, 3.8) is 0 Å². The highest BCUT2D eigenvalue weighted by Gasteiger charge is 2.33. The number of H-pyrrole nitrogens is 1. The van der Waals surface area contributed by atoms with Gasteiger partial charge in [-0.2, -0.15) is 13.2 Å². The van der Waals surface area contributed by atoms with E-state index in [-0.39, 0.29) is 5.39 Å². The van der Waals surface area contributed by atoms with Crippen LogP contribution in [-0.2, 0) is 6.18 Å². The van der Waals surface area contributed by atoms with Gasteiger partial charge in [0.2, 0.25) is 0 Å². The van der Waals surface area contributed by atoms with E-state index in [1.807, 2.05) is 0 Å². The van der Waals surface area contributed by atoms with Crippen molar-refractivity contribution in [2.75, 3.05) is 12.4 Å². The quantitative estimate of drug-likeness (QED) is 0.749. The van der Waals surface area contributed by atoms with E-state index < -0.39 is 11.7 Å². The number of anilines is 1. The van der Waals surface area contributed by atoms with Gasteiger partial charge < -0.3 is 10.3 Å². The number of fused-ring (bicyclic) bond motifs is 1. The molecule has 0 aliphatic heterocycles. The number of aromatic nitrogens is 1. The molecule has 1 aromatic carbocycles. The third kappa shape index (κ3) is 1.65. The average molecular weight is 214 g/mol. The van der Waals surface area contributed by atoms with Crippen molar-refractivity contribution >= 4 is 16.6 Å². The normalized spacial score (nSPS) is 12.0. The first kappa shape index (κ1) is 9.89. The molecule has 1 heterocycles. The Labute approximate surface area is 84.1 Å². The van der Waals surface area contributed by atoms with Crippen LogP contribution in [0.5, 0.6) is 0 Å². The molecule has 0 aliphatic rings. The molecule has 0 atom stereocenters. The molecule has 0 aliphatic carbocycles. The summed E-state index contributed by atoms with van der Waals surface area (Å²) in [7, 11) is 1.72. The number of halogens is 3. The van der Waals surface area contributed by atoms with E-state index in [9.17, 15) is 13.2 Å². The summed E-state index contributed by atoms with van der Waals surface area (Å²) in [6, 6.07) is 4.72. The zero-order chi connectivity index (χ0) is 11.1. The molecular weight excluding hydrogens is 205 g/mol. The minimum atomic E-state index is -4.31. The number of alkyl halides is 3. The topological polar surface area (TPSA) is 27.8 Å². The Hall–Kier alpha value is -1.65. The maximum absolute atomic E-state index is 12.5. The molecule has 0 radical (unpaired) electrons. The lowest BCUT2D eigenvalue weighted by molar-refractivity contribution is -0.136. The van der Waals surface area contributed by atoms with E-state index in [0.717, 1.165) is 11.9 Å². The Kier molecular flexibility index (Phi) is 2.10. The van der Waals surface area contributed by atoms with E-state index >= 15 is 0 Å². The van der Waals surface area contributed by atoms with Crippen LogP contribution in [0.15, 0.2) is 24.4 Å². The number of aromatic amines is 1. The molecule has 5 heteroatoms. The van der Waals surface area contributed by atoms with Crippen molar-refractivity contribution in [1.29, 1.82) is 0 Å². The summed E-state index contributed by atoms with van der Waals surface area (Å²) in [6.45, 7) is 0. The number of rotatable bonds is 1. The summed E-state index contributed by atoms with van der Waals surface area (Å²) in [6.07, 6.45) is -3.32. The van der Waals surface area contributed by atoms with Crippen molar-refractivity contribution in [2.45, 2.75) is 6.18 Å². The Morgan fingerprint density at radius 3 is 2.60 bits per heavy atom. The highest BCUT2D eigenvalue weighted by Crippen LogP contribution is 2.35. The maximum atomic E-state index is 12.5. The van der Waals surface area contributed by atoms with Crippen molar-refractivity contribution in [3.8, 4) is 0 Å². The van der Waals surface area contributed by atoms with Gasteiger partial charge in [0.15, 0.2) is 0 Å². The van der Waals surface area contributed by atoms with Gasteiger partial charge in [-0.1, -0.05) is 6.07 Å². The Bertz CT molecular complexity index is 485. The molecule has 0 amide bonds. The van der Waals surface area contributed by atoms with E-state index in [4.69, 9.17) is 0 Å². The van der Waals surface area contributed by atoms with E-state index in [1.54, 1.807) is 19.2 Å². The van der Waals surface area contributed by atoms with Gasteiger partial charge in [-0.25, -0.2) is 0 Å². The standard InChI is InChI=1S/C10H9F3N2/c1-14-6-2-3-7-8(10(11,12)13)5-15-9(7)4-6/h2-5,14-15H,1H3. The lowest BCUT2D eigenvalue weighted by Gasteiger charge is -2.04. The van der Waals surface area contributed by atoms with Gasteiger partial charge in [0.1, 0.15) is 0 Å². The summed E-state index contributed by atoms with van der Waals surface area (Å²) in [5, 5.41) is 3.06. The molecule has 0 bridgehead atoms. The Balaban J connectivity index is 2.62. The van der Waals surface area contributed by atoms with Gasteiger partial charge in [-0.15, -0.1) is 0 Å². The minimum absolute atomic E-state index is 0.196. The highest BCUT2D eigenvalue weighted by molar-refractivity contribution is 5.86. The van der Waals surface area contributed by atoms with Gasteiger partial charge in [0.05, 0.1) is 5.56 Å². The van der Waals surface area contributed by atoms with Crippen molar-refractivity contribution in [2.24, 2.45) is 0 Å².